The Bertz CT molecular complexity index is 581. The van der Waals surface area contributed by atoms with Crippen molar-refractivity contribution in [3.05, 3.63) is 58.8 Å². The molecule has 1 aromatic heterocycles. The fraction of sp³-hybridized carbons (Fsp3) is 0.389. The maximum Gasteiger partial charge on any atom is 0.0992 e. The first-order chi connectivity index (χ1) is 10.2. The van der Waals surface area contributed by atoms with Crippen molar-refractivity contribution in [3.8, 4) is 0 Å². The fourth-order valence-electron chi connectivity index (χ4n) is 2.20. The van der Waals surface area contributed by atoms with Gasteiger partial charge in [0, 0.05) is 18.5 Å². The second-order valence-corrected chi connectivity index (χ2v) is 6.32. The summed E-state index contributed by atoms with van der Waals surface area (Å²) in [4.78, 5) is 4.62. The van der Waals surface area contributed by atoms with E-state index < -0.39 is 0 Å². The second kappa shape index (κ2) is 8.20. The van der Waals surface area contributed by atoms with Crippen LogP contribution in [-0.4, -0.2) is 11.5 Å². The molecule has 0 aliphatic rings. The highest BCUT2D eigenvalue weighted by Crippen LogP contribution is 2.25. The number of hydrogen-bond acceptors (Lipinski definition) is 3. The van der Waals surface area contributed by atoms with E-state index in [0.29, 0.717) is 0 Å². The third-order valence-electron chi connectivity index (χ3n) is 3.47. The molecule has 0 saturated heterocycles. The van der Waals surface area contributed by atoms with Gasteiger partial charge in [0.1, 0.15) is 0 Å². The number of rotatable bonds is 7. The maximum absolute atomic E-state index is 4.62. The molecule has 0 aliphatic heterocycles. The Hall–Kier alpha value is -1.32. The van der Waals surface area contributed by atoms with Gasteiger partial charge in [-0.15, -0.1) is 11.8 Å². The molecule has 1 aromatic carbocycles. The molecule has 0 fully saturated rings. The molecule has 0 saturated carbocycles. The predicted molar refractivity (Wildman–Crippen MR) is 91.7 cm³/mol. The van der Waals surface area contributed by atoms with Crippen LogP contribution in [0.4, 0.5) is 0 Å². The van der Waals surface area contributed by atoms with E-state index >= 15 is 0 Å². The molecule has 112 valence electrons. The van der Waals surface area contributed by atoms with Crippen molar-refractivity contribution in [3.63, 3.8) is 0 Å². The van der Waals surface area contributed by atoms with Crippen molar-refractivity contribution < 1.29 is 0 Å². The minimum Gasteiger partial charge on any atom is -0.313 e. The zero-order valence-electron chi connectivity index (χ0n) is 13.1. The molecular formula is C18H24N2S. The molecule has 2 aromatic rings. The van der Waals surface area contributed by atoms with E-state index in [-0.39, 0.29) is 0 Å². The van der Waals surface area contributed by atoms with E-state index in [2.05, 4.69) is 61.4 Å². The van der Waals surface area contributed by atoms with Crippen LogP contribution in [-0.2, 0) is 12.3 Å². The van der Waals surface area contributed by atoms with Gasteiger partial charge < -0.3 is 5.32 Å². The summed E-state index contributed by atoms with van der Waals surface area (Å²) in [7, 11) is 0. The van der Waals surface area contributed by atoms with Crippen molar-refractivity contribution in [1.82, 2.24) is 10.3 Å². The summed E-state index contributed by atoms with van der Waals surface area (Å²) in [5, 5.41) is 4.55. The standard InChI is InChI=1S/C18H24N2S/c1-4-9-19-11-16-10-15(3)18(20-12-16)21-13-17-8-6-5-7-14(17)2/h5-8,10,12,19H,4,9,11,13H2,1-3H3. The number of nitrogens with zero attached hydrogens (tertiary/aromatic N) is 1. The monoisotopic (exact) mass is 300 g/mol. The van der Waals surface area contributed by atoms with Crippen LogP contribution in [0.5, 0.6) is 0 Å². The molecule has 21 heavy (non-hydrogen) atoms. The van der Waals surface area contributed by atoms with Crippen molar-refractivity contribution in [2.24, 2.45) is 0 Å². The summed E-state index contributed by atoms with van der Waals surface area (Å²) in [6.07, 6.45) is 3.16. The van der Waals surface area contributed by atoms with Gasteiger partial charge in [-0.05, 0) is 49.1 Å². The molecule has 1 N–H and O–H groups in total. The summed E-state index contributed by atoms with van der Waals surface area (Å²) < 4.78 is 0. The minimum absolute atomic E-state index is 0.907. The predicted octanol–water partition coefficient (Wildman–Crippen LogP) is 4.49. The van der Waals surface area contributed by atoms with Gasteiger partial charge in [-0.3, -0.25) is 0 Å². The second-order valence-electron chi connectivity index (χ2n) is 5.36. The van der Waals surface area contributed by atoms with Gasteiger partial charge in [0.15, 0.2) is 0 Å². The summed E-state index contributed by atoms with van der Waals surface area (Å²) in [5.74, 6) is 0.980. The van der Waals surface area contributed by atoms with Crippen LogP contribution in [0, 0.1) is 13.8 Å². The van der Waals surface area contributed by atoms with E-state index in [9.17, 15) is 0 Å². The Morgan fingerprint density at radius 1 is 1.14 bits per heavy atom. The molecule has 0 amide bonds. The Morgan fingerprint density at radius 3 is 2.67 bits per heavy atom. The number of aryl methyl sites for hydroxylation is 2. The van der Waals surface area contributed by atoms with Gasteiger partial charge >= 0.3 is 0 Å². The smallest absolute Gasteiger partial charge is 0.0992 e. The van der Waals surface area contributed by atoms with Gasteiger partial charge in [-0.1, -0.05) is 37.3 Å². The highest BCUT2D eigenvalue weighted by atomic mass is 32.2. The van der Waals surface area contributed by atoms with Crippen LogP contribution in [0.2, 0.25) is 0 Å². The number of nitrogens with one attached hydrogen (secondary N) is 1. The SMILES string of the molecule is CCCNCc1cnc(SCc2ccccc2C)c(C)c1. The van der Waals surface area contributed by atoms with Gasteiger partial charge in [0.25, 0.3) is 0 Å². The van der Waals surface area contributed by atoms with Crippen molar-refractivity contribution in [1.29, 1.82) is 0 Å². The molecule has 1 heterocycles. The van der Waals surface area contributed by atoms with E-state index in [1.807, 2.05) is 18.0 Å². The topological polar surface area (TPSA) is 24.9 Å². The first-order valence-electron chi connectivity index (χ1n) is 7.54. The molecule has 3 heteroatoms. The van der Waals surface area contributed by atoms with E-state index in [1.54, 1.807) is 0 Å². The van der Waals surface area contributed by atoms with Crippen LogP contribution in [0.25, 0.3) is 0 Å². The van der Waals surface area contributed by atoms with E-state index in [4.69, 9.17) is 0 Å². The van der Waals surface area contributed by atoms with Crippen LogP contribution in [0.3, 0.4) is 0 Å². The Kier molecular flexibility index (Phi) is 6.27. The lowest BCUT2D eigenvalue weighted by Crippen LogP contribution is -2.14. The molecule has 0 bridgehead atoms. The lowest BCUT2D eigenvalue weighted by Gasteiger charge is -2.09. The zero-order valence-corrected chi connectivity index (χ0v) is 14.0. The molecule has 0 unspecified atom stereocenters. The third-order valence-corrected chi connectivity index (χ3v) is 4.62. The summed E-state index contributed by atoms with van der Waals surface area (Å²) in [6, 6.07) is 10.8. The summed E-state index contributed by atoms with van der Waals surface area (Å²) >= 11 is 1.82. The normalized spacial score (nSPS) is 10.8. The maximum atomic E-state index is 4.62. The van der Waals surface area contributed by atoms with Crippen LogP contribution in [0.15, 0.2) is 41.6 Å². The highest BCUT2D eigenvalue weighted by Gasteiger charge is 2.04. The van der Waals surface area contributed by atoms with Gasteiger partial charge in [-0.2, -0.15) is 0 Å². The van der Waals surface area contributed by atoms with Gasteiger partial charge in [-0.25, -0.2) is 4.98 Å². The average molecular weight is 300 g/mol. The average Bonchev–Trinajstić information content (AvgIpc) is 2.48. The van der Waals surface area contributed by atoms with Crippen LogP contribution < -0.4 is 5.32 Å². The molecule has 0 spiro atoms. The summed E-state index contributed by atoms with van der Waals surface area (Å²) in [5.41, 5.74) is 5.27. The quantitative estimate of drug-likeness (QED) is 0.602. The molecule has 0 radical (unpaired) electrons. The molecule has 2 nitrogen and oxygen atoms in total. The number of benzene rings is 1. The zero-order chi connectivity index (χ0) is 15.1. The largest absolute Gasteiger partial charge is 0.313 e. The molecule has 2 rings (SSSR count). The van der Waals surface area contributed by atoms with Crippen molar-refractivity contribution >= 4 is 11.8 Å². The van der Waals surface area contributed by atoms with E-state index in [0.717, 1.165) is 30.3 Å². The molecular weight excluding hydrogens is 276 g/mol. The lowest BCUT2D eigenvalue weighted by atomic mass is 10.1. The Balaban J connectivity index is 1.96. The Morgan fingerprint density at radius 2 is 1.95 bits per heavy atom. The fourth-order valence-corrected chi connectivity index (χ4v) is 3.23. The van der Waals surface area contributed by atoms with E-state index in [1.165, 1.54) is 22.3 Å². The lowest BCUT2D eigenvalue weighted by molar-refractivity contribution is 0.672. The van der Waals surface area contributed by atoms with Crippen LogP contribution in [0.1, 0.15) is 35.6 Å². The Labute approximate surface area is 132 Å². The minimum atomic E-state index is 0.907. The van der Waals surface area contributed by atoms with Gasteiger partial charge in [0.05, 0.1) is 5.03 Å². The number of pyridine rings is 1. The summed E-state index contributed by atoms with van der Waals surface area (Å²) in [6.45, 7) is 8.46. The number of hydrogen-bond donors (Lipinski definition) is 1. The van der Waals surface area contributed by atoms with Crippen LogP contribution >= 0.6 is 11.8 Å². The first kappa shape index (κ1) is 16.1. The highest BCUT2D eigenvalue weighted by molar-refractivity contribution is 7.98. The molecule has 0 atom stereocenters. The number of aromatic nitrogens is 1. The van der Waals surface area contributed by atoms with Crippen molar-refractivity contribution in [2.75, 3.05) is 6.54 Å². The number of thioether (sulfide) groups is 1. The van der Waals surface area contributed by atoms with Gasteiger partial charge in [0.2, 0.25) is 0 Å². The van der Waals surface area contributed by atoms with Crippen molar-refractivity contribution in [2.45, 2.75) is 44.5 Å². The third kappa shape index (κ3) is 4.87. The first-order valence-corrected chi connectivity index (χ1v) is 8.52. The molecule has 0 aliphatic carbocycles.